The van der Waals surface area contributed by atoms with Crippen LogP contribution in [0, 0.1) is 0 Å². The van der Waals surface area contributed by atoms with Crippen LogP contribution in [-0.2, 0) is 0 Å². The van der Waals surface area contributed by atoms with Crippen molar-refractivity contribution in [1.29, 1.82) is 0 Å². The van der Waals surface area contributed by atoms with E-state index in [-0.39, 0.29) is 0 Å². The average Bonchev–Trinajstić information content (AvgIpc) is 2.25. The third-order valence-corrected chi connectivity index (χ3v) is 2.33. The van der Waals surface area contributed by atoms with Gasteiger partial charge in [0, 0.05) is 12.6 Å². The van der Waals surface area contributed by atoms with Crippen LogP contribution in [0.3, 0.4) is 0 Å². The van der Waals surface area contributed by atoms with Crippen LogP contribution in [-0.4, -0.2) is 18.3 Å². The molecule has 0 fully saturated rings. The van der Waals surface area contributed by atoms with E-state index in [9.17, 15) is 0 Å². The maximum atomic E-state index is 8.62. The molecule has 2 nitrogen and oxygen atoms in total. The molecule has 1 unspecified atom stereocenters. The molecule has 0 aromatic heterocycles. The summed E-state index contributed by atoms with van der Waals surface area (Å²) in [7, 11) is 0. The number of hydrogen-bond donors (Lipinski definition) is 2. The van der Waals surface area contributed by atoms with E-state index in [1.807, 2.05) is 6.07 Å². The molecule has 1 aromatic rings. The highest BCUT2D eigenvalue weighted by molar-refractivity contribution is 5.17. The molecule has 0 aliphatic rings. The van der Waals surface area contributed by atoms with Gasteiger partial charge in [-0.15, -0.1) is 0 Å². The summed E-state index contributed by atoms with van der Waals surface area (Å²) in [6, 6.07) is 10.8. The molecule has 2 N–H and O–H groups in total. The van der Waals surface area contributed by atoms with Crippen LogP contribution in [0.5, 0.6) is 0 Å². The van der Waals surface area contributed by atoms with Crippen molar-refractivity contribution in [2.75, 3.05) is 13.2 Å². The first kappa shape index (κ1) is 11.2. The Morgan fingerprint density at radius 1 is 1.21 bits per heavy atom. The molecule has 0 radical (unpaired) electrons. The van der Waals surface area contributed by atoms with Crippen molar-refractivity contribution in [2.45, 2.75) is 25.8 Å². The number of nitrogens with one attached hydrogen (secondary N) is 1. The van der Waals surface area contributed by atoms with Crippen molar-refractivity contribution in [2.24, 2.45) is 0 Å². The highest BCUT2D eigenvalue weighted by Gasteiger charge is 2.01. The normalized spacial score (nSPS) is 12.7. The van der Waals surface area contributed by atoms with Crippen LogP contribution in [0.2, 0.25) is 0 Å². The van der Waals surface area contributed by atoms with Crippen LogP contribution in [0.4, 0.5) is 0 Å². The number of aliphatic hydroxyl groups excluding tert-OH is 1. The maximum absolute atomic E-state index is 8.62. The molecule has 1 rings (SSSR count). The van der Waals surface area contributed by atoms with Gasteiger partial charge in [-0.05, 0) is 31.9 Å². The first-order chi connectivity index (χ1) is 6.84. The first-order valence-corrected chi connectivity index (χ1v) is 5.24. The molecule has 1 atom stereocenters. The van der Waals surface area contributed by atoms with E-state index in [4.69, 9.17) is 5.11 Å². The molecule has 78 valence electrons. The molecule has 0 amide bonds. The van der Waals surface area contributed by atoms with Gasteiger partial charge in [0.25, 0.3) is 0 Å². The van der Waals surface area contributed by atoms with E-state index in [0.29, 0.717) is 12.6 Å². The molecule has 0 heterocycles. The van der Waals surface area contributed by atoms with Crippen molar-refractivity contribution in [1.82, 2.24) is 5.32 Å². The molecule has 0 spiro atoms. The van der Waals surface area contributed by atoms with Gasteiger partial charge in [0.05, 0.1) is 0 Å². The number of unbranched alkanes of at least 4 members (excludes halogenated alkanes) is 1. The fraction of sp³-hybridized carbons (Fsp3) is 0.500. The summed E-state index contributed by atoms with van der Waals surface area (Å²) in [5.74, 6) is 0. The molecule has 0 saturated heterocycles. The Hall–Kier alpha value is -0.860. The van der Waals surface area contributed by atoms with Crippen LogP contribution in [0.15, 0.2) is 30.3 Å². The number of aliphatic hydroxyl groups is 1. The second-order valence-corrected chi connectivity index (χ2v) is 3.52. The quantitative estimate of drug-likeness (QED) is 0.678. The Kier molecular flexibility index (Phi) is 5.27. The van der Waals surface area contributed by atoms with Gasteiger partial charge in [0.15, 0.2) is 0 Å². The SMILES string of the molecule is CC(NCCCCO)c1ccccc1. The molecule has 2 heteroatoms. The number of hydrogen-bond acceptors (Lipinski definition) is 2. The Balaban J connectivity index is 2.25. The first-order valence-electron chi connectivity index (χ1n) is 5.24. The van der Waals surface area contributed by atoms with Gasteiger partial charge in [-0.2, -0.15) is 0 Å². The lowest BCUT2D eigenvalue weighted by Gasteiger charge is -2.13. The molecule has 1 aromatic carbocycles. The second-order valence-electron chi connectivity index (χ2n) is 3.52. The summed E-state index contributed by atoms with van der Waals surface area (Å²) >= 11 is 0. The Labute approximate surface area is 86.0 Å². The molecular formula is C12H19NO. The van der Waals surface area contributed by atoms with Gasteiger partial charge in [-0.1, -0.05) is 30.3 Å². The van der Waals surface area contributed by atoms with E-state index >= 15 is 0 Å². The van der Waals surface area contributed by atoms with Crippen molar-refractivity contribution < 1.29 is 5.11 Å². The highest BCUT2D eigenvalue weighted by Crippen LogP contribution is 2.10. The molecule has 0 bridgehead atoms. The van der Waals surface area contributed by atoms with Crippen molar-refractivity contribution in [3.63, 3.8) is 0 Å². The Morgan fingerprint density at radius 2 is 1.93 bits per heavy atom. The summed E-state index contributed by atoms with van der Waals surface area (Å²) in [6.45, 7) is 3.42. The van der Waals surface area contributed by atoms with Crippen molar-refractivity contribution in [3.8, 4) is 0 Å². The minimum absolute atomic E-state index is 0.293. The lowest BCUT2D eigenvalue weighted by atomic mass is 10.1. The minimum Gasteiger partial charge on any atom is -0.396 e. The van der Waals surface area contributed by atoms with E-state index in [1.54, 1.807) is 0 Å². The average molecular weight is 193 g/mol. The standard InChI is InChI=1S/C12H19NO/c1-11(13-9-5-6-10-14)12-7-3-2-4-8-12/h2-4,7-8,11,13-14H,5-6,9-10H2,1H3. The maximum Gasteiger partial charge on any atom is 0.0431 e. The summed E-state index contributed by atoms with van der Waals surface area (Å²) in [6.07, 6.45) is 1.92. The Morgan fingerprint density at radius 3 is 2.57 bits per heavy atom. The topological polar surface area (TPSA) is 32.3 Å². The van der Waals surface area contributed by atoms with Crippen LogP contribution in [0.25, 0.3) is 0 Å². The predicted octanol–water partition coefficient (Wildman–Crippen LogP) is 2.11. The molecular weight excluding hydrogens is 174 g/mol. The van der Waals surface area contributed by atoms with Crippen LogP contribution >= 0.6 is 0 Å². The molecule has 0 saturated carbocycles. The van der Waals surface area contributed by atoms with Gasteiger partial charge in [-0.25, -0.2) is 0 Å². The zero-order chi connectivity index (χ0) is 10.2. The second kappa shape index (κ2) is 6.57. The highest BCUT2D eigenvalue weighted by atomic mass is 16.2. The minimum atomic E-state index is 0.293. The Bertz CT molecular complexity index is 235. The summed E-state index contributed by atoms with van der Waals surface area (Å²) < 4.78 is 0. The van der Waals surface area contributed by atoms with Gasteiger partial charge in [-0.3, -0.25) is 0 Å². The van der Waals surface area contributed by atoms with Gasteiger partial charge >= 0.3 is 0 Å². The summed E-state index contributed by atoms with van der Waals surface area (Å²) in [4.78, 5) is 0. The van der Waals surface area contributed by atoms with Gasteiger partial charge in [0.2, 0.25) is 0 Å². The monoisotopic (exact) mass is 193 g/mol. The lowest BCUT2D eigenvalue weighted by molar-refractivity contribution is 0.283. The number of rotatable bonds is 6. The summed E-state index contributed by atoms with van der Waals surface area (Å²) in [5.41, 5.74) is 1.32. The zero-order valence-corrected chi connectivity index (χ0v) is 8.74. The van der Waals surface area contributed by atoms with E-state index in [2.05, 4.69) is 36.5 Å². The fourth-order valence-electron chi connectivity index (χ4n) is 1.41. The smallest absolute Gasteiger partial charge is 0.0431 e. The largest absolute Gasteiger partial charge is 0.396 e. The third kappa shape index (κ3) is 3.90. The van der Waals surface area contributed by atoms with Crippen molar-refractivity contribution >= 4 is 0 Å². The van der Waals surface area contributed by atoms with E-state index in [0.717, 1.165) is 19.4 Å². The van der Waals surface area contributed by atoms with Gasteiger partial charge in [0.1, 0.15) is 0 Å². The lowest BCUT2D eigenvalue weighted by Crippen LogP contribution is -2.19. The van der Waals surface area contributed by atoms with Crippen molar-refractivity contribution in [3.05, 3.63) is 35.9 Å². The van der Waals surface area contributed by atoms with Crippen LogP contribution in [0.1, 0.15) is 31.4 Å². The molecule has 0 aliphatic heterocycles. The molecule has 14 heavy (non-hydrogen) atoms. The van der Waals surface area contributed by atoms with E-state index in [1.165, 1.54) is 5.56 Å². The van der Waals surface area contributed by atoms with Crippen LogP contribution < -0.4 is 5.32 Å². The zero-order valence-electron chi connectivity index (χ0n) is 8.74. The predicted molar refractivity (Wildman–Crippen MR) is 59.2 cm³/mol. The van der Waals surface area contributed by atoms with Gasteiger partial charge < -0.3 is 10.4 Å². The van der Waals surface area contributed by atoms with E-state index < -0.39 is 0 Å². The third-order valence-electron chi connectivity index (χ3n) is 2.33. The summed E-state index contributed by atoms with van der Waals surface area (Å²) in [5, 5.41) is 12.0. The number of benzene rings is 1. The fourth-order valence-corrected chi connectivity index (χ4v) is 1.41. The molecule has 0 aliphatic carbocycles.